The third-order valence-corrected chi connectivity index (χ3v) is 6.98. The van der Waals surface area contributed by atoms with Gasteiger partial charge in [-0.3, -0.25) is 14.1 Å². The molecule has 1 aliphatic rings. The van der Waals surface area contributed by atoms with Gasteiger partial charge >= 0.3 is 5.69 Å². The van der Waals surface area contributed by atoms with Gasteiger partial charge in [-0.25, -0.2) is 4.79 Å². The summed E-state index contributed by atoms with van der Waals surface area (Å²) in [5.41, 5.74) is 6.44. The molecule has 0 atom stereocenters. The van der Waals surface area contributed by atoms with E-state index in [1.54, 1.807) is 12.4 Å². The van der Waals surface area contributed by atoms with Crippen LogP contribution in [0.3, 0.4) is 0 Å². The van der Waals surface area contributed by atoms with Gasteiger partial charge in [0, 0.05) is 35.4 Å². The number of hydrogen-bond donors (Lipinski definition) is 1. The van der Waals surface area contributed by atoms with Crippen molar-refractivity contribution in [3.63, 3.8) is 0 Å². The first-order chi connectivity index (χ1) is 16.7. The lowest BCUT2D eigenvalue weighted by molar-refractivity contribution is 0.340. The van der Waals surface area contributed by atoms with Crippen molar-refractivity contribution in [2.24, 2.45) is 0 Å². The minimum atomic E-state index is 0.144. The Hall–Kier alpha value is -3.55. The molecule has 4 aromatic rings. The average Bonchev–Trinajstić information content (AvgIpc) is 3.49. The molecule has 0 unspecified atom stereocenters. The molecule has 0 bridgehead atoms. The van der Waals surface area contributed by atoms with Crippen LogP contribution >= 0.6 is 0 Å². The summed E-state index contributed by atoms with van der Waals surface area (Å²) in [6.07, 6.45) is 11.4. The molecule has 8 nitrogen and oxygen atoms in total. The molecule has 0 spiro atoms. The van der Waals surface area contributed by atoms with Gasteiger partial charge in [-0.15, -0.1) is 10.2 Å². The molecule has 0 aliphatic heterocycles. The van der Waals surface area contributed by atoms with Crippen LogP contribution in [0.1, 0.15) is 68.4 Å². The van der Waals surface area contributed by atoms with Gasteiger partial charge in [0.2, 0.25) is 5.82 Å². The van der Waals surface area contributed by atoms with Crippen molar-refractivity contribution < 1.29 is 0 Å². The number of nitrogens with zero attached hydrogens (tertiary/aromatic N) is 6. The minimum Gasteiger partial charge on any atom is -0.293 e. The number of imidazole rings is 1. The number of aromatic amines is 1. The first-order valence-corrected chi connectivity index (χ1v) is 12.2. The normalized spacial score (nSPS) is 14.5. The Balaban J connectivity index is 1.46. The van der Waals surface area contributed by atoms with Gasteiger partial charge in [-0.05, 0) is 54.2 Å². The third-order valence-electron chi connectivity index (χ3n) is 6.98. The van der Waals surface area contributed by atoms with E-state index in [9.17, 15) is 4.79 Å². The fourth-order valence-corrected chi connectivity index (χ4v) is 5.28. The van der Waals surface area contributed by atoms with Crippen LogP contribution in [0.2, 0.25) is 0 Å². The summed E-state index contributed by atoms with van der Waals surface area (Å²) in [4.78, 5) is 17.8. The van der Waals surface area contributed by atoms with Gasteiger partial charge in [0.25, 0.3) is 0 Å². The van der Waals surface area contributed by atoms with Crippen LogP contribution in [0.25, 0.3) is 22.5 Å². The molecule has 176 valence electrons. The largest absolute Gasteiger partial charge is 0.329 e. The Morgan fingerprint density at radius 3 is 2.56 bits per heavy atom. The van der Waals surface area contributed by atoms with E-state index in [0.29, 0.717) is 18.4 Å². The van der Waals surface area contributed by atoms with Crippen molar-refractivity contribution >= 4 is 0 Å². The van der Waals surface area contributed by atoms with Crippen molar-refractivity contribution in [2.45, 2.75) is 71.4 Å². The summed E-state index contributed by atoms with van der Waals surface area (Å²) < 4.78 is 4.09. The van der Waals surface area contributed by atoms with E-state index in [1.165, 1.54) is 25.0 Å². The molecular weight excluding hydrogens is 426 g/mol. The Bertz CT molecular complexity index is 1300. The van der Waals surface area contributed by atoms with Crippen molar-refractivity contribution in [2.75, 3.05) is 0 Å². The van der Waals surface area contributed by atoms with Crippen molar-refractivity contribution in [1.29, 1.82) is 0 Å². The first kappa shape index (κ1) is 22.3. The molecule has 0 saturated heterocycles. The van der Waals surface area contributed by atoms with E-state index < -0.39 is 0 Å². The number of nitrogens with one attached hydrogen (secondary N) is 1. The van der Waals surface area contributed by atoms with Crippen LogP contribution in [-0.4, -0.2) is 34.7 Å². The number of hydrogen-bond acceptors (Lipinski definition) is 5. The molecule has 3 aromatic heterocycles. The zero-order valence-electron chi connectivity index (χ0n) is 19.9. The van der Waals surface area contributed by atoms with E-state index in [-0.39, 0.29) is 5.69 Å². The number of tetrazole rings is 1. The van der Waals surface area contributed by atoms with Crippen LogP contribution in [0.15, 0.2) is 47.5 Å². The monoisotopic (exact) mass is 457 g/mol. The predicted molar refractivity (Wildman–Crippen MR) is 131 cm³/mol. The Labute approximate surface area is 199 Å². The van der Waals surface area contributed by atoms with Crippen LogP contribution in [0.4, 0.5) is 0 Å². The zero-order chi connectivity index (χ0) is 23.5. The number of rotatable bonds is 7. The number of H-pyrrole nitrogens is 1. The van der Waals surface area contributed by atoms with Gasteiger partial charge < -0.3 is 0 Å². The standard InChI is InChI=1S/C26H31N7O/c1-3-7-24-18(2)33(21-8-5-4-6-9-21)26(34)32(24)17-19-10-12-20(13-11-19)22-14-15-27-16-23(22)25-28-30-31-29-25/h10-16,21H,3-9,17H2,1-2H3,(H,28,29,30,31). The van der Waals surface area contributed by atoms with E-state index >= 15 is 0 Å². The molecule has 34 heavy (non-hydrogen) atoms. The predicted octanol–water partition coefficient (Wildman–Crippen LogP) is 4.71. The van der Waals surface area contributed by atoms with Crippen LogP contribution in [-0.2, 0) is 13.0 Å². The van der Waals surface area contributed by atoms with Crippen LogP contribution in [0.5, 0.6) is 0 Å². The molecule has 1 saturated carbocycles. The van der Waals surface area contributed by atoms with Crippen molar-refractivity contribution in [1.82, 2.24) is 34.7 Å². The topological polar surface area (TPSA) is 94.3 Å². The van der Waals surface area contributed by atoms with Crippen molar-refractivity contribution in [3.8, 4) is 22.5 Å². The minimum absolute atomic E-state index is 0.144. The summed E-state index contributed by atoms with van der Waals surface area (Å²) >= 11 is 0. The molecule has 1 N–H and O–H groups in total. The number of benzene rings is 1. The van der Waals surface area contributed by atoms with Crippen LogP contribution < -0.4 is 5.69 Å². The van der Waals surface area contributed by atoms with E-state index in [0.717, 1.165) is 53.6 Å². The lowest BCUT2D eigenvalue weighted by Gasteiger charge is -2.23. The Morgan fingerprint density at radius 1 is 1.06 bits per heavy atom. The smallest absolute Gasteiger partial charge is 0.293 e. The second kappa shape index (κ2) is 9.75. The molecular formula is C26H31N7O. The maximum atomic E-state index is 13.5. The fraction of sp³-hybridized carbons (Fsp3) is 0.423. The fourth-order valence-electron chi connectivity index (χ4n) is 5.28. The Kier molecular flexibility index (Phi) is 6.38. The summed E-state index contributed by atoms with van der Waals surface area (Å²) in [5.74, 6) is 0.516. The van der Waals surface area contributed by atoms with Gasteiger partial charge in [0.15, 0.2) is 0 Å². The van der Waals surface area contributed by atoms with Gasteiger partial charge in [-0.2, -0.15) is 5.21 Å². The molecule has 1 aromatic carbocycles. The molecule has 3 heterocycles. The lowest BCUT2D eigenvalue weighted by Crippen LogP contribution is -2.29. The van der Waals surface area contributed by atoms with E-state index in [2.05, 4.69) is 68.3 Å². The van der Waals surface area contributed by atoms with Crippen LogP contribution in [0, 0.1) is 6.92 Å². The highest BCUT2D eigenvalue weighted by molar-refractivity contribution is 5.79. The third kappa shape index (κ3) is 4.20. The zero-order valence-corrected chi connectivity index (χ0v) is 19.9. The van der Waals surface area contributed by atoms with Gasteiger partial charge in [0.1, 0.15) is 0 Å². The highest BCUT2D eigenvalue weighted by Crippen LogP contribution is 2.31. The summed E-state index contributed by atoms with van der Waals surface area (Å²) in [7, 11) is 0. The molecule has 0 amide bonds. The maximum Gasteiger partial charge on any atom is 0.329 e. The molecule has 0 radical (unpaired) electrons. The molecule has 8 heteroatoms. The second-order valence-corrected chi connectivity index (χ2v) is 9.17. The number of pyridine rings is 1. The van der Waals surface area contributed by atoms with E-state index in [4.69, 9.17) is 0 Å². The second-order valence-electron chi connectivity index (χ2n) is 9.17. The summed E-state index contributed by atoms with van der Waals surface area (Å²) in [5, 5.41) is 14.4. The SMILES string of the molecule is CCCc1c(C)n(C2CCCCC2)c(=O)n1Cc1ccc(-c2ccncc2-c2nn[nH]n2)cc1. The highest BCUT2D eigenvalue weighted by Gasteiger charge is 2.24. The quantitative estimate of drug-likeness (QED) is 0.434. The van der Waals surface area contributed by atoms with E-state index in [1.807, 2.05) is 10.6 Å². The summed E-state index contributed by atoms with van der Waals surface area (Å²) in [6, 6.07) is 10.7. The first-order valence-electron chi connectivity index (χ1n) is 12.2. The maximum absolute atomic E-state index is 13.5. The summed E-state index contributed by atoms with van der Waals surface area (Å²) in [6.45, 7) is 4.89. The van der Waals surface area contributed by atoms with Gasteiger partial charge in [-0.1, -0.05) is 56.9 Å². The van der Waals surface area contributed by atoms with Crippen molar-refractivity contribution in [3.05, 3.63) is 70.2 Å². The van der Waals surface area contributed by atoms with Gasteiger partial charge in [0.05, 0.1) is 6.54 Å². The molecule has 1 aliphatic carbocycles. The average molecular weight is 458 g/mol. The Morgan fingerprint density at radius 2 is 1.85 bits per heavy atom. The molecule has 5 rings (SSSR count). The highest BCUT2D eigenvalue weighted by atomic mass is 16.1. The molecule has 1 fully saturated rings. The lowest BCUT2D eigenvalue weighted by atomic mass is 9.95. The number of aromatic nitrogens is 7.